The van der Waals surface area contributed by atoms with E-state index in [1.54, 1.807) is 6.08 Å². The van der Waals surface area contributed by atoms with Crippen LogP contribution in [0.3, 0.4) is 0 Å². The quantitative estimate of drug-likeness (QED) is 0.668. The molecule has 4 nitrogen and oxygen atoms in total. The first kappa shape index (κ1) is 14.7. The Morgan fingerprint density at radius 1 is 1.05 bits per heavy atom. The van der Waals surface area contributed by atoms with Crippen LogP contribution in [0.15, 0.2) is 48.5 Å². The second-order valence-corrected chi connectivity index (χ2v) is 4.88. The van der Waals surface area contributed by atoms with Gasteiger partial charge in [0.1, 0.15) is 11.5 Å². The van der Waals surface area contributed by atoms with Gasteiger partial charge < -0.3 is 15.1 Å². The zero-order valence-electron chi connectivity index (χ0n) is 11.9. The van der Waals surface area contributed by atoms with E-state index in [2.05, 4.69) is 0 Å². The molecule has 0 aliphatic rings. The molecular formula is C17H17NO3. The summed E-state index contributed by atoms with van der Waals surface area (Å²) < 4.78 is 0. The number of ketones is 1. The molecular weight excluding hydrogens is 266 g/mol. The van der Waals surface area contributed by atoms with Crippen molar-refractivity contribution in [1.29, 1.82) is 0 Å². The molecule has 4 heteroatoms. The van der Waals surface area contributed by atoms with Gasteiger partial charge in [-0.3, -0.25) is 4.79 Å². The van der Waals surface area contributed by atoms with Gasteiger partial charge in [-0.15, -0.1) is 0 Å². The summed E-state index contributed by atoms with van der Waals surface area (Å²) in [6.45, 7) is 0. The number of phenols is 2. The van der Waals surface area contributed by atoms with Crippen molar-refractivity contribution in [2.45, 2.75) is 0 Å². The Bertz CT molecular complexity index is 673. The van der Waals surface area contributed by atoms with Gasteiger partial charge in [-0.25, -0.2) is 0 Å². The summed E-state index contributed by atoms with van der Waals surface area (Å²) in [5.41, 5.74) is 2.14. The number of aromatic hydroxyl groups is 2. The molecule has 0 aliphatic carbocycles. The highest BCUT2D eigenvalue weighted by molar-refractivity contribution is 6.08. The third kappa shape index (κ3) is 3.63. The Labute approximate surface area is 123 Å². The van der Waals surface area contributed by atoms with E-state index in [4.69, 9.17) is 0 Å². The molecule has 2 N–H and O–H groups in total. The topological polar surface area (TPSA) is 60.8 Å². The maximum absolute atomic E-state index is 12.0. The maximum atomic E-state index is 12.0. The predicted molar refractivity (Wildman–Crippen MR) is 83.9 cm³/mol. The van der Waals surface area contributed by atoms with Crippen LogP contribution in [0.25, 0.3) is 6.08 Å². The van der Waals surface area contributed by atoms with Crippen molar-refractivity contribution in [3.05, 3.63) is 59.7 Å². The molecule has 0 bridgehead atoms. The SMILES string of the molecule is CN(C)c1ccc(/C=C/C(=O)c2ccc(O)cc2O)cc1. The largest absolute Gasteiger partial charge is 0.508 e. The lowest BCUT2D eigenvalue weighted by Gasteiger charge is -2.11. The Kier molecular flexibility index (Phi) is 4.28. The summed E-state index contributed by atoms with van der Waals surface area (Å²) in [4.78, 5) is 14.0. The van der Waals surface area contributed by atoms with E-state index in [0.29, 0.717) is 0 Å². The van der Waals surface area contributed by atoms with Crippen LogP contribution in [0.5, 0.6) is 11.5 Å². The molecule has 0 radical (unpaired) electrons. The van der Waals surface area contributed by atoms with Gasteiger partial charge in [0.15, 0.2) is 5.78 Å². The summed E-state index contributed by atoms with van der Waals surface area (Å²) in [6, 6.07) is 11.7. The lowest BCUT2D eigenvalue weighted by molar-refractivity contribution is 0.104. The second kappa shape index (κ2) is 6.13. The van der Waals surface area contributed by atoms with E-state index in [1.165, 1.54) is 18.2 Å². The van der Waals surface area contributed by atoms with Crippen molar-refractivity contribution in [3.63, 3.8) is 0 Å². The standard InChI is InChI=1S/C17H17NO3/c1-18(2)13-6-3-12(4-7-13)5-10-16(20)15-9-8-14(19)11-17(15)21/h3-11,19,21H,1-2H3/b10-5+. The van der Waals surface area contributed by atoms with Gasteiger partial charge in [0.2, 0.25) is 0 Å². The number of anilines is 1. The molecule has 21 heavy (non-hydrogen) atoms. The average molecular weight is 283 g/mol. The molecule has 0 saturated carbocycles. The number of rotatable bonds is 4. The van der Waals surface area contributed by atoms with Crippen LogP contribution in [0.1, 0.15) is 15.9 Å². The van der Waals surface area contributed by atoms with Crippen molar-refractivity contribution >= 4 is 17.5 Å². The zero-order valence-corrected chi connectivity index (χ0v) is 11.9. The molecule has 0 spiro atoms. The molecule has 0 atom stereocenters. The van der Waals surface area contributed by atoms with Crippen LogP contribution in [-0.4, -0.2) is 30.1 Å². The van der Waals surface area contributed by atoms with E-state index in [-0.39, 0.29) is 22.8 Å². The molecule has 0 unspecified atom stereocenters. The van der Waals surface area contributed by atoms with Crippen LogP contribution in [0, 0.1) is 0 Å². The van der Waals surface area contributed by atoms with Crippen molar-refractivity contribution < 1.29 is 15.0 Å². The first-order valence-electron chi connectivity index (χ1n) is 6.49. The number of hydrogen-bond donors (Lipinski definition) is 2. The van der Waals surface area contributed by atoms with Crippen LogP contribution in [0.2, 0.25) is 0 Å². The smallest absolute Gasteiger partial charge is 0.189 e. The Morgan fingerprint density at radius 2 is 1.71 bits per heavy atom. The third-order valence-electron chi connectivity index (χ3n) is 3.08. The maximum Gasteiger partial charge on any atom is 0.189 e. The minimum atomic E-state index is -0.316. The molecule has 2 rings (SSSR count). The van der Waals surface area contributed by atoms with Crippen molar-refractivity contribution in [3.8, 4) is 11.5 Å². The van der Waals surface area contributed by atoms with E-state index >= 15 is 0 Å². The molecule has 108 valence electrons. The number of allylic oxidation sites excluding steroid dienone is 1. The lowest BCUT2D eigenvalue weighted by atomic mass is 10.1. The number of carbonyl (C=O) groups is 1. The number of nitrogens with zero attached hydrogens (tertiary/aromatic N) is 1. The van der Waals surface area contributed by atoms with Crippen molar-refractivity contribution in [2.75, 3.05) is 19.0 Å². The van der Waals surface area contributed by atoms with E-state index < -0.39 is 0 Å². The summed E-state index contributed by atoms with van der Waals surface area (Å²) in [7, 11) is 3.92. The normalized spacial score (nSPS) is 10.8. The van der Waals surface area contributed by atoms with Crippen molar-refractivity contribution in [1.82, 2.24) is 0 Å². The van der Waals surface area contributed by atoms with E-state index in [1.807, 2.05) is 43.3 Å². The summed E-state index contributed by atoms with van der Waals surface area (Å²) in [6.07, 6.45) is 3.09. The fourth-order valence-electron chi connectivity index (χ4n) is 1.87. The van der Waals surface area contributed by atoms with Crippen LogP contribution < -0.4 is 4.90 Å². The van der Waals surface area contributed by atoms with Crippen molar-refractivity contribution in [2.24, 2.45) is 0 Å². The molecule has 2 aromatic carbocycles. The number of carbonyl (C=O) groups excluding carboxylic acids is 1. The third-order valence-corrected chi connectivity index (χ3v) is 3.08. The summed E-state index contributed by atoms with van der Waals surface area (Å²) in [5.74, 6) is -0.621. The molecule has 0 heterocycles. The highest BCUT2D eigenvalue weighted by atomic mass is 16.3. The zero-order chi connectivity index (χ0) is 15.4. The molecule has 0 aromatic heterocycles. The minimum Gasteiger partial charge on any atom is -0.508 e. The molecule has 0 amide bonds. The summed E-state index contributed by atoms with van der Waals surface area (Å²) in [5, 5.41) is 18.8. The van der Waals surface area contributed by atoms with Crippen LogP contribution >= 0.6 is 0 Å². The van der Waals surface area contributed by atoms with Gasteiger partial charge in [0.05, 0.1) is 5.56 Å². The summed E-state index contributed by atoms with van der Waals surface area (Å²) >= 11 is 0. The number of benzene rings is 2. The molecule has 0 saturated heterocycles. The molecule has 2 aromatic rings. The highest BCUT2D eigenvalue weighted by Crippen LogP contribution is 2.23. The van der Waals surface area contributed by atoms with E-state index in [0.717, 1.165) is 17.3 Å². The van der Waals surface area contributed by atoms with Gasteiger partial charge in [0.25, 0.3) is 0 Å². The van der Waals surface area contributed by atoms with E-state index in [9.17, 15) is 15.0 Å². The lowest BCUT2D eigenvalue weighted by Crippen LogP contribution is -2.07. The van der Waals surface area contributed by atoms with Gasteiger partial charge in [-0.2, -0.15) is 0 Å². The van der Waals surface area contributed by atoms with Crippen LogP contribution in [-0.2, 0) is 0 Å². The first-order valence-corrected chi connectivity index (χ1v) is 6.49. The second-order valence-electron chi connectivity index (χ2n) is 4.88. The van der Waals surface area contributed by atoms with Gasteiger partial charge >= 0.3 is 0 Å². The number of hydrogen-bond acceptors (Lipinski definition) is 4. The molecule has 0 aliphatic heterocycles. The first-order chi connectivity index (χ1) is 9.97. The van der Waals surface area contributed by atoms with Gasteiger partial charge in [0, 0.05) is 25.8 Å². The Balaban J connectivity index is 2.15. The Hall–Kier alpha value is -2.75. The molecule has 0 fully saturated rings. The van der Waals surface area contributed by atoms with Gasteiger partial charge in [-0.1, -0.05) is 18.2 Å². The Morgan fingerprint density at radius 3 is 2.29 bits per heavy atom. The fraction of sp³-hybridized carbons (Fsp3) is 0.118. The fourth-order valence-corrected chi connectivity index (χ4v) is 1.87. The average Bonchev–Trinajstić information content (AvgIpc) is 2.45. The van der Waals surface area contributed by atoms with Crippen LogP contribution in [0.4, 0.5) is 5.69 Å². The van der Waals surface area contributed by atoms with Gasteiger partial charge in [-0.05, 0) is 35.9 Å². The highest BCUT2D eigenvalue weighted by Gasteiger charge is 2.08. The predicted octanol–water partition coefficient (Wildman–Crippen LogP) is 3.06. The number of phenolic OH excluding ortho intramolecular Hbond substituents is 2. The minimum absolute atomic E-state index is 0.0766. The monoisotopic (exact) mass is 283 g/mol.